The standard InChI is InChI=1S/C44H32N2.C26H20N2.CH5BP.H2NP/c1-3-17-37(18-4-1)45(43-23-11-15-35-13-7-9-21-41(35)43)39-29-25-33(26-30-39)34-27-31-40(32-28-34)46(38-19-5-2-6-20-38)44-24-12-16-36-14-8-10-22-42(36)44;1-17-15-23(19-9-5-3-6-10-19)21-13-14-22-24(20-11-7-4-8-12-20)16-18(2)28-26(22)25(21)27-17;1-2-3;1-2/h1-32H;3-16H,1-2H3;3H2,1H3;1-2H/i/hD. The SMILES string of the molecule is C[B]P.Cc1cc(-c2ccccc2)c2ccc3c(-c4ccccc4)cc(C)nc3c2n1.[2H]N=P.c1ccc(N(c2ccc(-c3ccc(N(c4ccccc4)c4cccc5ccccc45)cc3)cc2)c2cccc3ccccc23)cc1. The highest BCUT2D eigenvalue weighted by molar-refractivity contribution is 7.55. The molecule has 1 atom stereocenters. The first-order valence-electron chi connectivity index (χ1n) is 26.8. The molecule has 0 spiro atoms. The summed E-state index contributed by atoms with van der Waals surface area (Å²) in [6, 6.07) is 98.9. The number of anilines is 6. The van der Waals surface area contributed by atoms with Crippen LogP contribution in [0.1, 0.15) is 11.4 Å². The van der Waals surface area contributed by atoms with Crippen molar-refractivity contribution in [1.29, 1.82) is 5.15 Å². The lowest BCUT2D eigenvalue weighted by Gasteiger charge is -2.27. The first-order valence-corrected chi connectivity index (χ1v) is 27.5. The number of nitrogens with one attached hydrogen (secondary N) is 1. The molecule has 381 valence electrons. The van der Waals surface area contributed by atoms with Crippen LogP contribution in [0.4, 0.5) is 34.1 Å². The molecule has 0 bridgehead atoms. The van der Waals surface area contributed by atoms with Crippen LogP contribution in [0.5, 0.6) is 0 Å². The van der Waals surface area contributed by atoms with Crippen LogP contribution in [0.15, 0.2) is 279 Å². The minimum Gasteiger partial charge on any atom is -0.310 e. The van der Waals surface area contributed by atoms with Crippen LogP contribution in [0.25, 0.3) is 76.7 Å². The fraction of sp³-hybridized carbons (Fsp3) is 0.0423. The number of aromatic nitrogens is 2. The highest BCUT2D eigenvalue weighted by atomic mass is 31.0. The topological polar surface area (TPSA) is 56.1 Å². The van der Waals surface area contributed by atoms with Crippen molar-refractivity contribution < 1.29 is 1.41 Å². The Morgan fingerprint density at radius 3 is 1.05 bits per heavy atom. The molecule has 2 heterocycles. The molecule has 1 radical (unpaired) electrons. The van der Waals surface area contributed by atoms with Gasteiger partial charge in [0.1, 0.15) is 7.00 Å². The lowest BCUT2D eigenvalue weighted by atomic mass is 9.95. The summed E-state index contributed by atoms with van der Waals surface area (Å²) < 4.78 is 5.75. The monoisotopic (exact) mass is 1060 g/mol. The van der Waals surface area contributed by atoms with Crippen LogP contribution < -0.4 is 9.80 Å². The number of pyridine rings is 2. The Labute approximate surface area is 470 Å². The van der Waals surface area contributed by atoms with E-state index >= 15 is 0 Å². The Bertz CT molecular complexity index is 3890. The third-order valence-electron chi connectivity index (χ3n) is 13.8. The minimum absolute atomic E-state index is 0.970. The predicted molar refractivity (Wildman–Crippen MR) is 346 cm³/mol. The fourth-order valence-electron chi connectivity index (χ4n) is 10.4. The molecule has 11 aromatic carbocycles. The molecule has 13 aromatic rings. The van der Waals surface area contributed by atoms with Crippen molar-refractivity contribution in [2.45, 2.75) is 20.7 Å². The lowest BCUT2D eigenvalue weighted by Crippen LogP contribution is -2.10. The van der Waals surface area contributed by atoms with E-state index in [9.17, 15) is 0 Å². The fourth-order valence-corrected chi connectivity index (χ4v) is 10.4. The van der Waals surface area contributed by atoms with E-state index in [2.05, 4.69) is 314 Å². The highest BCUT2D eigenvalue weighted by Gasteiger charge is 2.18. The molecular weight excluding hydrogens is 996 g/mol. The molecular formula is C71H59BN5P2. The molecule has 0 aliphatic rings. The largest absolute Gasteiger partial charge is 0.310 e. The van der Waals surface area contributed by atoms with Crippen LogP contribution in [-0.2, 0) is 0 Å². The molecule has 0 saturated carbocycles. The predicted octanol–water partition coefficient (Wildman–Crippen LogP) is 20.8. The maximum atomic E-state index is 5.75. The molecule has 8 heteroatoms. The minimum atomic E-state index is 0.970. The van der Waals surface area contributed by atoms with Gasteiger partial charge in [-0.05, 0) is 140 Å². The van der Waals surface area contributed by atoms with Crippen molar-refractivity contribution >= 4 is 103 Å². The second-order valence-corrected chi connectivity index (χ2v) is 19.6. The van der Waals surface area contributed by atoms with Crippen LogP contribution in [0, 0.1) is 19.0 Å². The maximum absolute atomic E-state index is 5.75. The summed E-state index contributed by atoms with van der Waals surface area (Å²) in [4.78, 5) is 14.5. The Balaban J connectivity index is 0.000000180. The molecule has 2 aromatic heterocycles. The second-order valence-electron chi connectivity index (χ2n) is 19.0. The van der Waals surface area contributed by atoms with Crippen LogP contribution in [0.2, 0.25) is 8.23 Å². The van der Waals surface area contributed by atoms with Crippen molar-refractivity contribution in [3.05, 3.63) is 290 Å². The molecule has 1 N–H and O–H groups in total. The smallest absolute Gasteiger partial charge is 0.192 e. The molecule has 0 aliphatic heterocycles. The van der Waals surface area contributed by atoms with Gasteiger partial charge >= 0.3 is 0 Å². The Hall–Kier alpha value is -9.05. The van der Waals surface area contributed by atoms with E-state index in [4.69, 9.17) is 11.4 Å². The molecule has 5 nitrogen and oxygen atoms in total. The number of nitrogens with zero attached hydrogens (tertiary/aromatic N) is 4. The number of benzene rings is 11. The van der Waals surface area contributed by atoms with E-state index in [0.29, 0.717) is 0 Å². The van der Waals surface area contributed by atoms with Crippen LogP contribution in [0.3, 0.4) is 0 Å². The van der Waals surface area contributed by atoms with Gasteiger partial charge in [-0.1, -0.05) is 213 Å². The zero-order chi connectivity index (χ0) is 55.2. The number of para-hydroxylation sites is 2. The normalized spacial score (nSPS) is 10.8. The van der Waals surface area contributed by atoms with Crippen molar-refractivity contribution in [3.8, 4) is 33.4 Å². The summed E-state index contributed by atoms with van der Waals surface area (Å²) in [6.07, 6.45) is 0. The quantitative estimate of drug-likeness (QED) is 0.0889. The van der Waals surface area contributed by atoms with Gasteiger partial charge in [0.15, 0.2) is 1.41 Å². The summed E-state index contributed by atoms with van der Waals surface area (Å²) in [5.74, 6) is 0. The van der Waals surface area contributed by atoms with Crippen molar-refractivity contribution in [3.63, 3.8) is 0 Å². The molecule has 0 saturated heterocycles. The van der Waals surface area contributed by atoms with Crippen molar-refractivity contribution in [1.82, 2.24) is 9.97 Å². The van der Waals surface area contributed by atoms with E-state index in [1.807, 2.05) is 26.0 Å². The lowest BCUT2D eigenvalue weighted by molar-refractivity contribution is 1.23. The van der Waals surface area contributed by atoms with Gasteiger partial charge in [0.05, 0.1) is 22.4 Å². The van der Waals surface area contributed by atoms with Crippen LogP contribution in [-0.4, -0.2) is 17.0 Å². The van der Waals surface area contributed by atoms with E-state index in [0.717, 1.165) is 67.3 Å². The molecule has 79 heavy (non-hydrogen) atoms. The van der Waals surface area contributed by atoms with Gasteiger partial charge in [-0.15, -0.1) is 0 Å². The van der Waals surface area contributed by atoms with Gasteiger partial charge in [-0.2, -0.15) is 9.12 Å². The zero-order valence-electron chi connectivity index (χ0n) is 45.4. The second kappa shape index (κ2) is 25.4. The average molecular weight is 1060 g/mol. The Morgan fingerprint density at radius 1 is 0.380 bits per heavy atom. The first kappa shape index (κ1) is 52.0. The van der Waals surface area contributed by atoms with Crippen molar-refractivity contribution in [2.75, 3.05) is 9.80 Å². The first-order chi connectivity index (χ1) is 39.4. The maximum Gasteiger partial charge on any atom is 0.192 e. The summed E-state index contributed by atoms with van der Waals surface area (Å²) >= 11 is 0. The number of hydrogen-bond donors (Lipinski definition) is 1. The van der Waals surface area contributed by atoms with Crippen molar-refractivity contribution in [2.24, 2.45) is 0 Å². The molecule has 0 fully saturated rings. The summed E-state index contributed by atoms with van der Waals surface area (Å²) in [5, 5.41) is 9.74. The van der Waals surface area contributed by atoms with E-state index in [1.165, 1.54) is 54.9 Å². The molecule has 0 aliphatic carbocycles. The highest BCUT2D eigenvalue weighted by Crippen LogP contribution is 2.42. The van der Waals surface area contributed by atoms with Gasteiger partial charge in [0.25, 0.3) is 0 Å². The summed E-state index contributed by atoms with van der Waals surface area (Å²) in [5.41, 5.74) is 17.9. The van der Waals surface area contributed by atoms with Crippen LogP contribution >= 0.6 is 18.2 Å². The summed E-state index contributed by atoms with van der Waals surface area (Å²) in [7, 11) is 4.93. The van der Waals surface area contributed by atoms with Gasteiger partial charge in [0, 0.05) is 55.7 Å². The number of rotatable bonds is 9. The number of fused-ring (bicyclic) bond motifs is 5. The van der Waals surface area contributed by atoms with E-state index < -0.39 is 0 Å². The molecule has 13 rings (SSSR count). The van der Waals surface area contributed by atoms with E-state index in [-0.39, 0.29) is 0 Å². The molecule has 0 amide bonds. The Morgan fingerprint density at radius 2 is 0.684 bits per heavy atom. The third-order valence-corrected chi connectivity index (χ3v) is 13.8. The van der Waals surface area contributed by atoms with Gasteiger partial charge < -0.3 is 9.80 Å². The van der Waals surface area contributed by atoms with Gasteiger partial charge in [-0.25, -0.2) is 0 Å². The molecule has 1 unspecified atom stereocenters. The number of hydrogen-bond acceptors (Lipinski definition) is 5. The Kier molecular flexibility index (Phi) is 16.7. The van der Waals surface area contributed by atoms with Gasteiger partial charge in [0.2, 0.25) is 0 Å². The van der Waals surface area contributed by atoms with Gasteiger partial charge in [-0.3, -0.25) is 15.1 Å². The third kappa shape index (κ3) is 11.8. The average Bonchev–Trinajstić information content (AvgIpc) is 3.56. The summed E-state index contributed by atoms with van der Waals surface area (Å²) in [6.45, 7) is 7.99. The van der Waals surface area contributed by atoms with E-state index in [1.54, 1.807) is 0 Å². The number of aryl methyl sites for hydroxylation is 2. The zero-order valence-corrected chi connectivity index (χ0v) is 46.6.